The molecular formula is C18H19N3O3. The first kappa shape index (κ1) is 15.9. The highest BCUT2D eigenvalue weighted by Crippen LogP contribution is 2.33. The number of hydrogen-bond donors (Lipinski definition) is 3. The fourth-order valence-electron chi connectivity index (χ4n) is 2.83. The van der Waals surface area contributed by atoms with E-state index in [2.05, 4.69) is 10.6 Å². The average molecular weight is 325 g/mol. The number of nitrogens with one attached hydrogen (secondary N) is 2. The largest absolute Gasteiger partial charge is 0.493 e. The number of carbonyl (C=O) groups excluding carboxylic acids is 2. The van der Waals surface area contributed by atoms with Crippen LogP contribution < -0.4 is 21.1 Å². The molecule has 1 heterocycles. The Kier molecular flexibility index (Phi) is 4.65. The Hall–Kier alpha value is -3.02. The van der Waals surface area contributed by atoms with Gasteiger partial charge in [-0.3, -0.25) is 4.79 Å². The van der Waals surface area contributed by atoms with Gasteiger partial charge in [-0.05, 0) is 30.2 Å². The van der Waals surface area contributed by atoms with Gasteiger partial charge in [0.25, 0.3) is 0 Å². The molecule has 0 bridgehead atoms. The lowest BCUT2D eigenvalue weighted by Crippen LogP contribution is -2.32. The Morgan fingerprint density at radius 3 is 2.83 bits per heavy atom. The maximum absolute atomic E-state index is 12.5. The zero-order valence-electron chi connectivity index (χ0n) is 13.1. The van der Waals surface area contributed by atoms with E-state index < -0.39 is 6.03 Å². The van der Waals surface area contributed by atoms with Crippen LogP contribution in [0.1, 0.15) is 23.5 Å². The maximum Gasteiger partial charge on any atom is 0.316 e. The number of primary amides is 1. The summed E-state index contributed by atoms with van der Waals surface area (Å²) in [6.45, 7) is 0.916. The van der Waals surface area contributed by atoms with Crippen LogP contribution in [0.5, 0.6) is 5.75 Å². The van der Waals surface area contributed by atoms with Crippen LogP contribution in [0.3, 0.4) is 0 Å². The van der Waals surface area contributed by atoms with Gasteiger partial charge in [-0.2, -0.15) is 0 Å². The first-order valence-corrected chi connectivity index (χ1v) is 7.78. The number of para-hydroxylation sites is 1. The highest BCUT2D eigenvalue weighted by Gasteiger charge is 2.27. The molecule has 0 fully saturated rings. The molecule has 0 radical (unpaired) electrons. The first-order chi connectivity index (χ1) is 11.6. The van der Waals surface area contributed by atoms with Crippen molar-refractivity contribution in [3.8, 4) is 5.75 Å². The molecule has 6 nitrogen and oxygen atoms in total. The topological polar surface area (TPSA) is 93.5 Å². The second-order valence-corrected chi connectivity index (χ2v) is 5.63. The minimum Gasteiger partial charge on any atom is -0.493 e. The van der Waals surface area contributed by atoms with Crippen LogP contribution in [0.4, 0.5) is 10.5 Å². The third-order valence-corrected chi connectivity index (χ3v) is 3.94. The van der Waals surface area contributed by atoms with Crippen molar-refractivity contribution < 1.29 is 14.3 Å². The van der Waals surface area contributed by atoms with Crippen LogP contribution in [-0.4, -0.2) is 18.5 Å². The number of urea groups is 1. The molecule has 6 heteroatoms. The van der Waals surface area contributed by atoms with Gasteiger partial charge < -0.3 is 21.1 Å². The summed E-state index contributed by atoms with van der Waals surface area (Å²) < 4.78 is 5.59. The Labute approximate surface area is 140 Å². The van der Waals surface area contributed by atoms with Gasteiger partial charge in [-0.15, -0.1) is 0 Å². The van der Waals surface area contributed by atoms with E-state index in [0.29, 0.717) is 25.3 Å². The van der Waals surface area contributed by atoms with Crippen molar-refractivity contribution in [2.24, 2.45) is 5.73 Å². The van der Waals surface area contributed by atoms with Gasteiger partial charge >= 0.3 is 6.03 Å². The minimum absolute atomic E-state index is 0.0287. The van der Waals surface area contributed by atoms with E-state index in [1.807, 2.05) is 30.3 Å². The van der Waals surface area contributed by atoms with Crippen molar-refractivity contribution in [2.45, 2.75) is 18.9 Å². The van der Waals surface area contributed by atoms with Gasteiger partial charge in [0.05, 0.1) is 12.5 Å². The van der Waals surface area contributed by atoms with Gasteiger partial charge in [-0.25, -0.2) is 4.79 Å². The number of fused-ring (bicyclic) bond motifs is 1. The van der Waals surface area contributed by atoms with Gasteiger partial charge in [0.15, 0.2) is 0 Å². The second kappa shape index (κ2) is 7.04. The van der Waals surface area contributed by atoms with E-state index in [-0.39, 0.29) is 11.8 Å². The van der Waals surface area contributed by atoms with Crippen LogP contribution >= 0.6 is 0 Å². The van der Waals surface area contributed by atoms with Crippen LogP contribution in [0.2, 0.25) is 0 Å². The van der Waals surface area contributed by atoms with E-state index in [9.17, 15) is 9.59 Å². The van der Waals surface area contributed by atoms with Crippen LogP contribution in [-0.2, 0) is 11.3 Å². The van der Waals surface area contributed by atoms with E-state index >= 15 is 0 Å². The highest BCUT2D eigenvalue weighted by molar-refractivity contribution is 5.88. The van der Waals surface area contributed by atoms with Crippen molar-refractivity contribution in [1.29, 1.82) is 0 Å². The average Bonchev–Trinajstić information content (AvgIpc) is 2.59. The maximum atomic E-state index is 12.5. The summed E-state index contributed by atoms with van der Waals surface area (Å²) in [5, 5.41) is 5.47. The Balaban J connectivity index is 1.65. The molecule has 2 aromatic rings. The van der Waals surface area contributed by atoms with Gasteiger partial charge in [0.2, 0.25) is 5.91 Å². The standard InChI is InChI=1S/C18H19N3O3/c19-18(23)21-13-5-3-4-12(10-13)11-20-17(22)15-8-9-24-16-7-2-1-6-14(15)16/h1-7,10,15H,8-9,11H2,(H,20,22)(H3,19,21,23)/t15-/m0/s1. The molecule has 0 spiro atoms. The predicted molar refractivity (Wildman–Crippen MR) is 90.8 cm³/mol. The molecule has 124 valence electrons. The van der Waals surface area contributed by atoms with E-state index in [4.69, 9.17) is 10.5 Å². The summed E-state index contributed by atoms with van der Waals surface area (Å²) in [6.07, 6.45) is 0.659. The molecular weight excluding hydrogens is 306 g/mol. The summed E-state index contributed by atoms with van der Waals surface area (Å²) in [6, 6.07) is 14.2. The quantitative estimate of drug-likeness (QED) is 0.805. The van der Waals surface area contributed by atoms with Crippen molar-refractivity contribution >= 4 is 17.6 Å². The third kappa shape index (κ3) is 3.65. The van der Waals surface area contributed by atoms with E-state index in [1.165, 1.54) is 0 Å². The molecule has 1 aliphatic rings. The first-order valence-electron chi connectivity index (χ1n) is 7.78. The summed E-state index contributed by atoms with van der Waals surface area (Å²) >= 11 is 0. The predicted octanol–water partition coefficient (Wildman–Crippen LogP) is 2.36. The van der Waals surface area contributed by atoms with Crippen molar-refractivity contribution in [2.75, 3.05) is 11.9 Å². The summed E-state index contributed by atoms with van der Waals surface area (Å²) in [7, 11) is 0. The normalized spacial score (nSPS) is 15.8. The summed E-state index contributed by atoms with van der Waals surface area (Å²) in [5.74, 6) is 0.539. The Bertz CT molecular complexity index is 761. The van der Waals surface area contributed by atoms with Crippen molar-refractivity contribution in [3.05, 3.63) is 59.7 Å². The summed E-state index contributed by atoms with van der Waals surface area (Å²) in [4.78, 5) is 23.4. The molecule has 0 unspecified atom stereocenters. The van der Waals surface area contributed by atoms with Gasteiger partial charge in [-0.1, -0.05) is 30.3 Å². The number of nitrogens with two attached hydrogens (primary N) is 1. The smallest absolute Gasteiger partial charge is 0.316 e. The highest BCUT2D eigenvalue weighted by atomic mass is 16.5. The Morgan fingerprint density at radius 2 is 2.00 bits per heavy atom. The fourth-order valence-corrected chi connectivity index (χ4v) is 2.83. The van der Waals surface area contributed by atoms with E-state index in [0.717, 1.165) is 16.9 Å². The van der Waals surface area contributed by atoms with E-state index in [1.54, 1.807) is 18.2 Å². The van der Waals surface area contributed by atoms with Crippen LogP contribution in [0.15, 0.2) is 48.5 Å². The zero-order chi connectivity index (χ0) is 16.9. The Morgan fingerprint density at radius 1 is 1.17 bits per heavy atom. The molecule has 4 N–H and O–H groups in total. The number of benzene rings is 2. The summed E-state index contributed by atoms with van der Waals surface area (Å²) in [5.41, 5.74) is 7.52. The monoisotopic (exact) mass is 325 g/mol. The van der Waals surface area contributed by atoms with Crippen LogP contribution in [0, 0.1) is 0 Å². The minimum atomic E-state index is -0.616. The molecule has 1 aliphatic heterocycles. The molecule has 1 atom stereocenters. The lowest BCUT2D eigenvalue weighted by Gasteiger charge is -2.25. The van der Waals surface area contributed by atoms with Crippen LogP contribution in [0.25, 0.3) is 0 Å². The van der Waals surface area contributed by atoms with Crippen molar-refractivity contribution in [3.63, 3.8) is 0 Å². The second-order valence-electron chi connectivity index (χ2n) is 5.63. The number of hydrogen-bond acceptors (Lipinski definition) is 3. The SMILES string of the molecule is NC(=O)Nc1cccc(CNC(=O)[C@H]2CCOc3ccccc32)c1. The molecule has 24 heavy (non-hydrogen) atoms. The van der Waals surface area contributed by atoms with Gasteiger partial charge in [0.1, 0.15) is 5.75 Å². The number of carbonyl (C=O) groups is 2. The third-order valence-electron chi connectivity index (χ3n) is 3.94. The molecule has 0 saturated heterocycles. The molecule has 0 aromatic heterocycles. The molecule has 2 aromatic carbocycles. The molecule has 3 rings (SSSR count). The number of anilines is 1. The fraction of sp³-hybridized carbons (Fsp3) is 0.222. The lowest BCUT2D eigenvalue weighted by atomic mass is 9.92. The molecule has 0 saturated carbocycles. The zero-order valence-corrected chi connectivity index (χ0v) is 13.1. The number of amides is 3. The lowest BCUT2D eigenvalue weighted by molar-refractivity contribution is -0.123. The molecule has 0 aliphatic carbocycles. The van der Waals surface area contributed by atoms with Crippen molar-refractivity contribution in [1.82, 2.24) is 5.32 Å². The van der Waals surface area contributed by atoms with Gasteiger partial charge in [0, 0.05) is 17.8 Å². The number of ether oxygens (including phenoxy) is 1. The molecule has 3 amide bonds. The number of rotatable bonds is 4.